The average Bonchev–Trinajstić information content (AvgIpc) is 2.79. The molecule has 1 aromatic heterocycles. The van der Waals surface area contributed by atoms with Crippen LogP contribution in [0.15, 0.2) is 64.5 Å². The molecule has 0 aliphatic rings. The Labute approximate surface area is 180 Å². The van der Waals surface area contributed by atoms with E-state index in [1.807, 2.05) is 12.1 Å². The third-order valence-corrected chi connectivity index (χ3v) is 6.03. The van der Waals surface area contributed by atoms with Gasteiger partial charge in [0.25, 0.3) is 5.56 Å². The fraction of sp³-hybridized carbons (Fsp3) is 0.238. The summed E-state index contributed by atoms with van der Waals surface area (Å²) in [7, 11) is 0.681. The van der Waals surface area contributed by atoms with E-state index in [1.165, 1.54) is 49.4 Å². The summed E-state index contributed by atoms with van der Waals surface area (Å²) in [6.45, 7) is 0.140. The Morgan fingerprint density at radius 1 is 0.935 bits per heavy atom. The van der Waals surface area contributed by atoms with E-state index in [1.54, 1.807) is 19.2 Å². The molecule has 9 nitrogen and oxygen atoms in total. The van der Waals surface area contributed by atoms with E-state index in [0.29, 0.717) is 22.9 Å². The number of nitrogens with one attached hydrogen (secondary N) is 1. The van der Waals surface area contributed by atoms with Gasteiger partial charge in [-0.15, -0.1) is 0 Å². The van der Waals surface area contributed by atoms with Crippen LogP contribution in [-0.4, -0.2) is 45.8 Å². The largest absolute Gasteiger partial charge is 0.497 e. The highest BCUT2D eigenvalue weighted by molar-refractivity contribution is 7.89. The van der Waals surface area contributed by atoms with Crippen molar-refractivity contribution in [3.63, 3.8) is 0 Å². The molecule has 1 heterocycles. The van der Waals surface area contributed by atoms with Crippen LogP contribution in [0.5, 0.6) is 17.2 Å². The van der Waals surface area contributed by atoms with Gasteiger partial charge in [0.2, 0.25) is 10.0 Å². The van der Waals surface area contributed by atoms with Crippen molar-refractivity contribution in [1.29, 1.82) is 0 Å². The Balaban J connectivity index is 1.68. The first kappa shape index (κ1) is 22.3. The Bertz CT molecular complexity index is 1210. The first-order valence-electron chi connectivity index (χ1n) is 9.30. The Morgan fingerprint density at radius 3 is 2.26 bits per heavy atom. The fourth-order valence-corrected chi connectivity index (χ4v) is 3.92. The van der Waals surface area contributed by atoms with Gasteiger partial charge in [0.1, 0.15) is 5.75 Å². The molecule has 3 rings (SSSR count). The number of hydrogen-bond acceptors (Lipinski definition) is 7. The SMILES string of the molecule is COc1ccc(-c2cc(=O)n(CCNS(=O)(=O)c3ccc(OC)c(OC)c3)cn2)cc1. The lowest BCUT2D eigenvalue weighted by Crippen LogP contribution is -2.31. The lowest BCUT2D eigenvalue weighted by molar-refractivity contribution is 0.354. The van der Waals surface area contributed by atoms with Crippen LogP contribution in [0.4, 0.5) is 0 Å². The Kier molecular flexibility index (Phi) is 6.93. The molecule has 0 saturated heterocycles. The molecule has 2 aromatic carbocycles. The zero-order chi connectivity index (χ0) is 22.4. The van der Waals surface area contributed by atoms with Gasteiger partial charge in [-0.1, -0.05) is 0 Å². The normalized spacial score (nSPS) is 11.2. The van der Waals surface area contributed by atoms with Crippen LogP contribution >= 0.6 is 0 Å². The van der Waals surface area contributed by atoms with Gasteiger partial charge in [0.15, 0.2) is 11.5 Å². The molecule has 0 radical (unpaired) electrons. The number of methoxy groups -OCH3 is 3. The van der Waals surface area contributed by atoms with Crippen LogP contribution < -0.4 is 24.5 Å². The maximum atomic E-state index is 12.5. The molecule has 0 saturated carbocycles. The molecule has 0 spiro atoms. The van der Waals surface area contributed by atoms with Gasteiger partial charge < -0.3 is 14.2 Å². The second-order valence-corrected chi connectivity index (χ2v) is 8.22. The lowest BCUT2D eigenvalue weighted by atomic mass is 10.1. The Hall–Kier alpha value is -3.37. The minimum Gasteiger partial charge on any atom is -0.497 e. The number of rotatable bonds is 9. The second-order valence-electron chi connectivity index (χ2n) is 6.45. The molecule has 1 N–H and O–H groups in total. The lowest BCUT2D eigenvalue weighted by Gasteiger charge is -2.11. The maximum absolute atomic E-state index is 12.5. The zero-order valence-electron chi connectivity index (χ0n) is 17.4. The van der Waals surface area contributed by atoms with E-state index in [4.69, 9.17) is 14.2 Å². The van der Waals surface area contributed by atoms with E-state index in [-0.39, 0.29) is 23.5 Å². The smallest absolute Gasteiger partial charge is 0.253 e. The molecule has 164 valence electrons. The standard InChI is InChI=1S/C21H23N3O6S/c1-28-16-6-4-15(5-7-16)18-13-21(25)24(14-22-18)11-10-23-31(26,27)17-8-9-19(29-2)20(12-17)30-3/h4-9,12-14,23H,10-11H2,1-3H3. The molecule has 0 bridgehead atoms. The topological polar surface area (TPSA) is 109 Å². The van der Waals surface area contributed by atoms with E-state index in [2.05, 4.69) is 9.71 Å². The molecule has 31 heavy (non-hydrogen) atoms. The summed E-state index contributed by atoms with van der Waals surface area (Å²) in [5, 5.41) is 0. The van der Waals surface area contributed by atoms with E-state index in [0.717, 1.165) is 5.56 Å². The van der Waals surface area contributed by atoms with E-state index in [9.17, 15) is 13.2 Å². The fourth-order valence-electron chi connectivity index (χ4n) is 2.88. The molecule has 0 unspecified atom stereocenters. The molecule has 0 amide bonds. The first-order chi connectivity index (χ1) is 14.9. The van der Waals surface area contributed by atoms with Crippen LogP contribution in [-0.2, 0) is 16.6 Å². The van der Waals surface area contributed by atoms with Gasteiger partial charge in [0.05, 0.1) is 38.2 Å². The monoisotopic (exact) mass is 445 g/mol. The van der Waals surface area contributed by atoms with Crippen LogP contribution in [0, 0.1) is 0 Å². The molecule has 3 aromatic rings. The minimum absolute atomic E-state index is 0.0140. The molecule has 0 atom stereocenters. The number of sulfonamides is 1. The summed E-state index contributed by atoms with van der Waals surface area (Å²) < 4.78 is 44.3. The quantitative estimate of drug-likeness (QED) is 0.536. The second kappa shape index (κ2) is 9.63. The third-order valence-electron chi connectivity index (χ3n) is 4.58. The minimum atomic E-state index is -3.79. The number of ether oxygens (including phenoxy) is 3. The van der Waals surface area contributed by atoms with Gasteiger partial charge in [-0.2, -0.15) is 0 Å². The van der Waals surface area contributed by atoms with Crippen LogP contribution in [0.25, 0.3) is 11.3 Å². The first-order valence-corrected chi connectivity index (χ1v) is 10.8. The number of benzene rings is 2. The van der Waals surface area contributed by atoms with Crippen molar-refractivity contribution < 1.29 is 22.6 Å². The van der Waals surface area contributed by atoms with Crippen LogP contribution in [0.3, 0.4) is 0 Å². The molecule has 0 fully saturated rings. The van der Waals surface area contributed by atoms with Crippen molar-refractivity contribution in [2.75, 3.05) is 27.9 Å². The third kappa shape index (κ3) is 5.22. The van der Waals surface area contributed by atoms with E-state index >= 15 is 0 Å². The predicted molar refractivity (Wildman–Crippen MR) is 115 cm³/mol. The summed E-state index contributed by atoms with van der Waals surface area (Å²) in [6.07, 6.45) is 1.40. The van der Waals surface area contributed by atoms with Crippen molar-refractivity contribution in [3.8, 4) is 28.5 Å². The van der Waals surface area contributed by atoms with Gasteiger partial charge >= 0.3 is 0 Å². The van der Waals surface area contributed by atoms with Crippen molar-refractivity contribution in [1.82, 2.24) is 14.3 Å². The summed E-state index contributed by atoms with van der Waals surface area (Å²) >= 11 is 0. The van der Waals surface area contributed by atoms with Gasteiger partial charge in [-0.3, -0.25) is 9.36 Å². The van der Waals surface area contributed by atoms with Gasteiger partial charge in [-0.05, 0) is 36.4 Å². The zero-order valence-corrected chi connectivity index (χ0v) is 18.2. The maximum Gasteiger partial charge on any atom is 0.253 e. The Morgan fingerprint density at radius 2 is 1.65 bits per heavy atom. The predicted octanol–water partition coefficient (Wildman–Crippen LogP) is 1.91. The average molecular weight is 445 g/mol. The molecular formula is C21H23N3O6S. The highest BCUT2D eigenvalue weighted by atomic mass is 32.2. The number of hydrogen-bond donors (Lipinski definition) is 1. The van der Waals surface area contributed by atoms with Crippen molar-refractivity contribution in [3.05, 3.63) is 65.2 Å². The number of aromatic nitrogens is 2. The molecular weight excluding hydrogens is 422 g/mol. The highest BCUT2D eigenvalue weighted by Crippen LogP contribution is 2.29. The summed E-state index contributed by atoms with van der Waals surface area (Å²) in [5.74, 6) is 1.44. The van der Waals surface area contributed by atoms with Gasteiger partial charge in [-0.25, -0.2) is 18.1 Å². The van der Waals surface area contributed by atoms with Crippen molar-refractivity contribution >= 4 is 10.0 Å². The summed E-state index contributed by atoms with van der Waals surface area (Å²) in [5.41, 5.74) is 1.01. The molecule has 0 aliphatic carbocycles. The van der Waals surface area contributed by atoms with Crippen molar-refractivity contribution in [2.24, 2.45) is 0 Å². The van der Waals surface area contributed by atoms with Crippen LogP contribution in [0.1, 0.15) is 0 Å². The van der Waals surface area contributed by atoms with Crippen LogP contribution in [0.2, 0.25) is 0 Å². The summed E-state index contributed by atoms with van der Waals surface area (Å²) in [4.78, 5) is 16.7. The molecule has 0 aliphatic heterocycles. The highest BCUT2D eigenvalue weighted by Gasteiger charge is 2.16. The van der Waals surface area contributed by atoms with Crippen molar-refractivity contribution in [2.45, 2.75) is 11.4 Å². The van der Waals surface area contributed by atoms with Gasteiger partial charge in [0, 0.05) is 30.8 Å². The summed E-state index contributed by atoms with van der Waals surface area (Å²) in [6, 6.07) is 12.9. The number of nitrogens with zero attached hydrogens (tertiary/aromatic N) is 2. The molecule has 10 heteroatoms. The van der Waals surface area contributed by atoms with E-state index < -0.39 is 10.0 Å².